The van der Waals surface area contributed by atoms with Gasteiger partial charge in [0, 0.05) is 12.7 Å². The van der Waals surface area contributed by atoms with Gasteiger partial charge in [-0.2, -0.15) is 5.10 Å². The predicted octanol–water partition coefficient (Wildman–Crippen LogP) is 3.35. The third-order valence-electron chi connectivity index (χ3n) is 4.06. The third kappa shape index (κ3) is 3.16. The zero-order valence-electron chi connectivity index (χ0n) is 13.7. The molecule has 0 unspecified atom stereocenters. The Kier molecular flexibility index (Phi) is 4.60. The van der Waals surface area contributed by atoms with E-state index in [1.165, 1.54) is 5.56 Å². The van der Waals surface area contributed by atoms with Crippen LogP contribution in [0.3, 0.4) is 0 Å². The van der Waals surface area contributed by atoms with Gasteiger partial charge in [-0.15, -0.1) is 0 Å². The van der Waals surface area contributed by atoms with Crippen molar-refractivity contribution >= 4 is 15.7 Å². The van der Waals surface area contributed by atoms with Crippen molar-refractivity contribution in [2.45, 2.75) is 44.9 Å². The largest absolute Gasteiger partial charge is 0.280 e. The van der Waals surface area contributed by atoms with Crippen LogP contribution in [-0.4, -0.2) is 18.2 Å². The number of anilines is 1. The highest BCUT2D eigenvalue weighted by atomic mass is 32.2. The van der Waals surface area contributed by atoms with Crippen molar-refractivity contribution in [2.24, 2.45) is 7.05 Å². The van der Waals surface area contributed by atoms with E-state index in [0.29, 0.717) is 23.0 Å². The minimum Gasteiger partial charge on any atom is -0.280 e. The number of sulfonamides is 1. The molecule has 0 saturated heterocycles. The summed E-state index contributed by atoms with van der Waals surface area (Å²) in [6, 6.07) is 7.55. The van der Waals surface area contributed by atoms with Crippen molar-refractivity contribution in [2.75, 3.05) is 4.72 Å². The van der Waals surface area contributed by atoms with Gasteiger partial charge >= 0.3 is 0 Å². The molecule has 0 spiro atoms. The molecule has 0 saturated carbocycles. The third-order valence-corrected chi connectivity index (χ3v) is 5.69. The number of hydrogen-bond donors (Lipinski definition) is 1. The maximum atomic E-state index is 12.6. The quantitative estimate of drug-likeness (QED) is 0.918. The summed E-state index contributed by atoms with van der Waals surface area (Å²) in [6.07, 6.45) is 1.05. The van der Waals surface area contributed by atoms with Crippen LogP contribution in [0.4, 0.5) is 5.69 Å². The molecule has 120 valence electrons. The molecule has 22 heavy (non-hydrogen) atoms. The topological polar surface area (TPSA) is 64.0 Å². The summed E-state index contributed by atoms with van der Waals surface area (Å²) in [5, 5.41) is 4.16. The molecule has 2 rings (SSSR count). The first-order valence-electron chi connectivity index (χ1n) is 7.39. The Hall–Kier alpha value is -1.82. The van der Waals surface area contributed by atoms with E-state index in [0.717, 1.165) is 6.42 Å². The zero-order valence-corrected chi connectivity index (χ0v) is 14.5. The first kappa shape index (κ1) is 16.5. The molecule has 0 bridgehead atoms. The fourth-order valence-electron chi connectivity index (χ4n) is 2.46. The van der Waals surface area contributed by atoms with Crippen LogP contribution in [0.5, 0.6) is 0 Å². The van der Waals surface area contributed by atoms with E-state index in [4.69, 9.17) is 0 Å². The predicted molar refractivity (Wildman–Crippen MR) is 88.6 cm³/mol. The molecular formula is C16H23N3O2S. The van der Waals surface area contributed by atoms with Crippen molar-refractivity contribution in [1.82, 2.24) is 9.78 Å². The SMILES string of the molecule is CC[C@@H](C)c1ccc(NS(=O)(=O)c2c(C)nn(C)c2C)cc1. The summed E-state index contributed by atoms with van der Waals surface area (Å²) in [5.74, 6) is 0.466. The van der Waals surface area contributed by atoms with Crippen molar-refractivity contribution in [3.63, 3.8) is 0 Å². The van der Waals surface area contributed by atoms with Crippen LogP contribution in [0.1, 0.15) is 43.1 Å². The van der Waals surface area contributed by atoms with Gasteiger partial charge in [0.2, 0.25) is 0 Å². The Morgan fingerprint density at radius 2 is 1.82 bits per heavy atom. The summed E-state index contributed by atoms with van der Waals surface area (Å²) in [5.41, 5.74) is 2.90. The molecule has 1 aromatic heterocycles. The molecule has 0 aliphatic heterocycles. The zero-order chi connectivity index (χ0) is 16.5. The Bertz CT molecular complexity index is 761. The summed E-state index contributed by atoms with van der Waals surface area (Å²) >= 11 is 0. The average Bonchev–Trinajstić information content (AvgIpc) is 2.72. The van der Waals surface area contributed by atoms with E-state index in [9.17, 15) is 8.42 Å². The molecule has 2 aromatic rings. The second kappa shape index (κ2) is 6.12. The normalized spacial score (nSPS) is 13.1. The van der Waals surface area contributed by atoms with Crippen molar-refractivity contribution in [3.05, 3.63) is 41.2 Å². The number of nitrogens with zero attached hydrogens (tertiary/aromatic N) is 2. The summed E-state index contributed by atoms with van der Waals surface area (Å²) in [6.45, 7) is 7.74. The average molecular weight is 321 g/mol. The molecule has 0 aliphatic rings. The van der Waals surface area contributed by atoms with Gasteiger partial charge in [0.25, 0.3) is 10.0 Å². The molecule has 1 aromatic carbocycles. The van der Waals surface area contributed by atoms with E-state index >= 15 is 0 Å². The van der Waals surface area contributed by atoms with Gasteiger partial charge < -0.3 is 0 Å². The first-order valence-corrected chi connectivity index (χ1v) is 8.87. The maximum Gasteiger partial charge on any atom is 0.265 e. The van der Waals surface area contributed by atoms with Gasteiger partial charge in [0.05, 0.1) is 11.4 Å². The Morgan fingerprint density at radius 3 is 2.27 bits per heavy atom. The minimum atomic E-state index is -3.63. The highest BCUT2D eigenvalue weighted by Gasteiger charge is 2.23. The molecule has 0 aliphatic carbocycles. The lowest BCUT2D eigenvalue weighted by Crippen LogP contribution is -2.15. The van der Waals surface area contributed by atoms with Crippen LogP contribution in [0.2, 0.25) is 0 Å². The van der Waals surface area contributed by atoms with Gasteiger partial charge in [0.1, 0.15) is 4.90 Å². The fraction of sp³-hybridized carbons (Fsp3) is 0.438. The number of aryl methyl sites for hydroxylation is 2. The number of nitrogens with one attached hydrogen (secondary N) is 1. The smallest absolute Gasteiger partial charge is 0.265 e. The molecule has 0 fully saturated rings. The molecular weight excluding hydrogens is 298 g/mol. The second-order valence-corrected chi connectivity index (χ2v) is 7.28. The molecule has 6 heteroatoms. The second-order valence-electron chi connectivity index (χ2n) is 5.66. The van der Waals surface area contributed by atoms with E-state index in [-0.39, 0.29) is 4.90 Å². The van der Waals surface area contributed by atoms with Gasteiger partial charge in [-0.1, -0.05) is 26.0 Å². The summed E-state index contributed by atoms with van der Waals surface area (Å²) in [7, 11) is -1.89. The molecule has 1 atom stereocenters. The number of benzene rings is 1. The molecule has 5 nitrogen and oxygen atoms in total. The van der Waals surface area contributed by atoms with Crippen molar-refractivity contribution < 1.29 is 8.42 Å². The van der Waals surface area contributed by atoms with Crippen LogP contribution in [0, 0.1) is 13.8 Å². The monoisotopic (exact) mass is 321 g/mol. The molecule has 0 radical (unpaired) electrons. The van der Waals surface area contributed by atoms with Crippen LogP contribution in [0.15, 0.2) is 29.2 Å². The van der Waals surface area contributed by atoms with Crippen LogP contribution < -0.4 is 4.72 Å². The number of rotatable bonds is 5. The van der Waals surface area contributed by atoms with Gasteiger partial charge in [-0.25, -0.2) is 8.42 Å². The Morgan fingerprint density at radius 1 is 1.23 bits per heavy atom. The lowest BCUT2D eigenvalue weighted by molar-refractivity contribution is 0.599. The van der Waals surface area contributed by atoms with E-state index in [1.807, 2.05) is 12.1 Å². The highest BCUT2D eigenvalue weighted by molar-refractivity contribution is 7.92. The fourth-order valence-corrected chi connectivity index (χ4v) is 3.96. The lowest BCUT2D eigenvalue weighted by Gasteiger charge is -2.11. The summed E-state index contributed by atoms with van der Waals surface area (Å²) < 4.78 is 29.3. The van der Waals surface area contributed by atoms with Crippen LogP contribution >= 0.6 is 0 Å². The number of hydrogen-bond acceptors (Lipinski definition) is 3. The Balaban J connectivity index is 2.29. The standard InChI is InChI=1S/C16H23N3O2S/c1-6-11(2)14-7-9-15(10-8-14)18-22(20,21)16-12(3)17-19(5)13(16)4/h7-11,18H,6H2,1-5H3/t11-/m1/s1. The van der Waals surface area contributed by atoms with Gasteiger partial charge in [0.15, 0.2) is 0 Å². The van der Waals surface area contributed by atoms with E-state index in [2.05, 4.69) is 23.7 Å². The molecule has 0 amide bonds. The number of aromatic nitrogens is 2. The molecule has 1 heterocycles. The Labute approximate surface area is 132 Å². The maximum absolute atomic E-state index is 12.6. The summed E-state index contributed by atoms with van der Waals surface area (Å²) in [4.78, 5) is 0.251. The van der Waals surface area contributed by atoms with Crippen molar-refractivity contribution in [1.29, 1.82) is 0 Å². The highest BCUT2D eigenvalue weighted by Crippen LogP contribution is 2.24. The van der Waals surface area contributed by atoms with Gasteiger partial charge in [-0.05, 0) is 43.9 Å². The van der Waals surface area contributed by atoms with E-state index in [1.54, 1.807) is 37.7 Å². The minimum absolute atomic E-state index is 0.251. The lowest BCUT2D eigenvalue weighted by atomic mass is 9.99. The van der Waals surface area contributed by atoms with Gasteiger partial charge in [-0.3, -0.25) is 9.40 Å². The van der Waals surface area contributed by atoms with E-state index < -0.39 is 10.0 Å². The first-order chi connectivity index (χ1) is 10.3. The van der Waals surface area contributed by atoms with Crippen LogP contribution in [0.25, 0.3) is 0 Å². The van der Waals surface area contributed by atoms with Crippen molar-refractivity contribution in [3.8, 4) is 0 Å². The molecule has 1 N–H and O–H groups in total. The van der Waals surface area contributed by atoms with Crippen LogP contribution in [-0.2, 0) is 17.1 Å².